The summed E-state index contributed by atoms with van der Waals surface area (Å²) in [7, 11) is 0. The summed E-state index contributed by atoms with van der Waals surface area (Å²) in [5.74, 6) is 0.492. The van der Waals surface area contributed by atoms with Crippen LogP contribution in [-0.2, 0) is 5.60 Å². The number of nitrogen functional groups attached to an aromatic ring is 1. The molecule has 0 unspecified atom stereocenters. The number of nitrogens with two attached hydrogens (primary N) is 1. The van der Waals surface area contributed by atoms with Crippen molar-refractivity contribution in [2.24, 2.45) is 0 Å². The van der Waals surface area contributed by atoms with E-state index in [1.165, 1.54) is 6.07 Å². The summed E-state index contributed by atoms with van der Waals surface area (Å²) in [6.45, 7) is 5.56. The number of halogens is 1. The number of rotatable bonds is 3. The Labute approximate surface area is 113 Å². The van der Waals surface area contributed by atoms with Gasteiger partial charge in [-0.05, 0) is 62.2 Å². The summed E-state index contributed by atoms with van der Waals surface area (Å²) in [6, 6.07) is 12.3. The van der Waals surface area contributed by atoms with Gasteiger partial charge in [0.15, 0.2) is 0 Å². The topological polar surface area (TPSA) is 35.2 Å². The number of hydrogen-bond donors (Lipinski definition) is 1. The Morgan fingerprint density at radius 2 is 1.68 bits per heavy atom. The summed E-state index contributed by atoms with van der Waals surface area (Å²) in [4.78, 5) is 0. The second-order valence-electron chi connectivity index (χ2n) is 5.15. The van der Waals surface area contributed by atoms with Crippen molar-refractivity contribution >= 4 is 5.69 Å². The highest BCUT2D eigenvalue weighted by Gasteiger charge is 2.23. The molecule has 0 amide bonds. The average molecular weight is 259 g/mol. The lowest BCUT2D eigenvalue weighted by Crippen LogP contribution is -2.25. The van der Waals surface area contributed by atoms with Crippen molar-refractivity contribution < 1.29 is 9.13 Å². The Kier molecular flexibility index (Phi) is 3.47. The Hall–Kier alpha value is -2.03. The van der Waals surface area contributed by atoms with E-state index < -0.39 is 5.60 Å². The van der Waals surface area contributed by atoms with E-state index in [-0.39, 0.29) is 5.82 Å². The first-order valence-electron chi connectivity index (χ1n) is 6.20. The molecule has 0 aromatic heterocycles. The lowest BCUT2D eigenvalue weighted by atomic mass is 9.96. The Morgan fingerprint density at radius 1 is 1.05 bits per heavy atom. The molecule has 0 aliphatic rings. The van der Waals surface area contributed by atoms with Gasteiger partial charge >= 0.3 is 0 Å². The highest BCUT2D eigenvalue weighted by molar-refractivity contribution is 5.42. The SMILES string of the molecule is Cc1ccc(C(C)(C)Oc2ccc(N)cc2)cc1F. The van der Waals surface area contributed by atoms with Crippen molar-refractivity contribution in [3.8, 4) is 5.75 Å². The second-order valence-corrected chi connectivity index (χ2v) is 5.15. The van der Waals surface area contributed by atoms with Crippen molar-refractivity contribution in [1.29, 1.82) is 0 Å². The molecule has 3 heteroatoms. The van der Waals surface area contributed by atoms with Crippen LogP contribution in [0.4, 0.5) is 10.1 Å². The number of benzene rings is 2. The van der Waals surface area contributed by atoms with Crippen LogP contribution in [-0.4, -0.2) is 0 Å². The van der Waals surface area contributed by atoms with Crippen LogP contribution in [0.1, 0.15) is 25.0 Å². The largest absolute Gasteiger partial charge is 0.483 e. The molecule has 19 heavy (non-hydrogen) atoms. The molecule has 0 heterocycles. The molecule has 0 aliphatic heterocycles. The number of ether oxygens (including phenoxy) is 1. The molecule has 100 valence electrons. The molecule has 0 saturated heterocycles. The standard InChI is InChI=1S/C16H18FNO/c1-11-4-5-12(10-15(11)17)16(2,3)19-14-8-6-13(18)7-9-14/h4-10H,18H2,1-3H3. The van der Waals surface area contributed by atoms with Crippen molar-refractivity contribution in [2.75, 3.05) is 5.73 Å². The summed E-state index contributed by atoms with van der Waals surface area (Å²) < 4.78 is 19.5. The van der Waals surface area contributed by atoms with Crippen LogP contribution in [0.5, 0.6) is 5.75 Å². The molecule has 2 nitrogen and oxygen atoms in total. The fourth-order valence-corrected chi connectivity index (χ4v) is 1.86. The first-order chi connectivity index (χ1) is 8.88. The molecule has 2 rings (SSSR count). The molecule has 0 radical (unpaired) electrons. The zero-order valence-electron chi connectivity index (χ0n) is 11.4. The first-order valence-corrected chi connectivity index (χ1v) is 6.20. The second kappa shape index (κ2) is 4.92. The summed E-state index contributed by atoms with van der Waals surface area (Å²) >= 11 is 0. The van der Waals surface area contributed by atoms with Gasteiger partial charge in [-0.2, -0.15) is 0 Å². The number of aryl methyl sites for hydroxylation is 1. The molecule has 0 spiro atoms. The first kappa shape index (κ1) is 13.4. The van der Waals surface area contributed by atoms with Crippen LogP contribution in [0.3, 0.4) is 0 Å². The van der Waals surface area contributed by atoms with E-state index >= 15 is 0 Å². The number of hydrogen-bond acceptors (Lipinski definition) is 2. The third-order valence-electron chi connectivity index (χ3n) is 3.12. The Balaban J connectivity index is 2.26. The van der Waals surface area contributed by atoms with Gasteiger partial charge in [-0.15, -0.1) is 0 Å². The van der Waals surface area contributed by atoms with Gasteiger partial charge in [-0.3, -0.25) is 0 Å². The van der Waals surface area contributed by atoms with E-state index in [4.69, 9.17) is 10.5 Å². The summed E-state index contributed by atoms with van der Waals surface area (Å²) in [5.41, 5.74) is 7.14. The normalized spacial score (nSPS) is 11.4. The molecular formula is C16H18FNO. The summed E-state index contributed by atoms with van der Waals surface area (Å²) in [6.07, 6.45) is 0. The van der Waals surface area contributed by atoms with Crippen LogP contribution in [0, 0.1) is 12.7 Å². The van der Waals surface area contributed by atoms with Crippen molar-refractivity contribution in [3.63, 3.8) is 0 Å². The maximum Gasteiger partial charge on any atom is 0.128 e. The predicted octanol–water partition coefficient (Wildman–Crippen LogP) is 4.03. The van der Waals surface area contributed by atoms with Gasteiger partial charge in [-0.1, -0.05) is 12.1 Å². The van der Waals surface area contributed by atoms with Crippen LogP contribution in [0.25, 0.3) is 0 Å². The van der Waals surface area contributed by atoms with Gasteiger partial charge in [0, 0.05) is 5.69 Å². The molecule has 0 aliphatic carbocycles. The highest BCUT2D eigenvalue weighted by Crippen LogP contribution is 2.29. The predicted molar refractivity (Wildman–Crippen MR) is 75.6 cm³/mol. The van der Waals surface area contributed by atoms with Crippen LogP contribution < -0.4 is 10.5 Å². The fraction of sp³-hybridized carbons (Fsp3) is 0.250. The quantitative estimate of drug-likeness (QED) is 0.845. The number of anilines is 1. The van der Waals surface area contributed by atoms with Crippen molar-refractivity contribution in [2.45, 2.75) is 26.4 Å². The zero-order valence-corrected chi connectivity index (χ0v) is 11.4. The minimum absolute atomic E-state index is 0.216. The van der Waals surface area contributed by atoms with E-state index in [1.807, 2.05) is 32.0 Å². The van der Waals surface area contributed by atoms with Gasteiger partial charge < -0.3 is 10.5 Å². The zero-order chi connectivity index (χ0) is 14.0. The van der Waals surface area contributed by atoms with Crippen molar-refractivity contribution in [3.05, 3.63) is 59.4 Å². The lowest BCUT2D eigenvalue weighted by molar-refractivity contribution is 0.108. The third-order valence-corrected chi connectivity index (χ3v) is 3.12. The monoisotopic (exact) mass is 259 g/mol. The molecule has 2 aromatic carbocycles. The van der Waals surface area contributed by atoms with Gasteiger partial charge in [0.2, 0.25) is 0 Å². The summed E-state index contributed by atoms with van der Waals surface area (Å²) in [5, 5.41) is 0. The van der Waals surface area contributed by atoms with Crippen LogP contribution in [0.2, 0.25) is 0 Å². The van der Waals surface area contributed by atoms with Gasteiger partial charge in [0.25, 0.3) is 0 Å². The third kappa shape index (κ3) is 3.05. The minimum atomic E-state index is -0.606. The molecule has 0 saturated carbocycles. The van der Waals surface area contributed by atoms with Gasteiger partial charge in [-0.25, -0.2) is 4.39 Å². The smallest absolute Gasteiger partial charge is 0.128 e. The fourth-order valence-electron chi connectivity index (χ4n) is 1.86. The highest BCUT2D eigenvalue weighted by atomic mass is 19.1. The minimum Gasteiger partial charge on any atom is -0.483 e. The maximum atomic E-state index is 13.6. The molecule has 0 atom stereocenters. The van der Waals surface area contributed by atoms with E-state index in [2.05, 4.69) is 0 Å². The Bertz CT molecular complexity index is 576. The molecule has 0 fully saturated rings. The lowest BCUT2D eigenvalue weighted by Gasteiger charge is -2.27. The molecule has 2 aromatic rings. The van der Waals surface area contributed by atoms with Gasteiger partial charge in [0.05, 0.1) is 0 Å². The molecule has 2 N–H and O–H groups in total. The van der Waals surface area contributed by atoms with Gasteiger partial charge in [0.1, 0.15) is 17.2 Å². The van der Waals surface area contributed by atoms with E-state index in [0.717, 1.165) is 5.56 Å². The van der Waals surface area contributed by atoms with E-state index in [0.29, 0.717) is 17.0 Å². The van der Waals surface area contributed by atoms with E-state index in [9.17, 15) is 4.39 Å². The Morgan fingerprint density at radius 3 is 2.26 bits per heavy atom. The van der Waals surface area contributed by atoms with E-state index in [1.54, 1.807) is 25.1 Å². The molecular weight excluding hydrogens is 241 g/mol. The maximum absolute atomic E-state index is 13.6. The van der Waals surface area contributed by atoms with Crippen molar-refractivity contribution in [1.82, 2.24) is 0 Å². The molecule has 0 bridgehead atoms. The van der Waals surface area contributed by atoms with Crippen LogP contribution >= 0.6 is 0 Å². The van der Waals surface area contributed by atoms with Crippen LogP contribution in [0.15, 0.2) is 42.5 Å². The average Bonchev–Trinajstić information content (AvgIpc) is 2.35.